The number of ether oxygens (including phenoxy) is 2. The van der Waals surface area contributed by atoms with Gasteiger partial charge >= 0.3 is 0 Å². The standard InChI is InChI=1S/C24H41N5O2.HI/c1-5-25-24(26-12-13-29(19(2)3)21-8-9-21)27-18-23(28-14-16-31-17-15-28)20-6-10-22(30-4)11-7-20;/h6-7,10-11,19,21,23H,5,8-9,12-18H2,1-4H3,(H2,25,26,27);1H. The zero-order valence-electron chi connectivity index (χ0n) is 20.2. The molecule has 7 nitrogen and oxygen atoms in total. The fourth-order valence-corrected chi connectivity index (χ4v) is 4.24. The smallest absolute Gasteiger partial charge is 0.191 e. The summed E-state index contributed by atoms with van der Waals surface area (Å²) < 4.78 is 10.9. The summed E-state index contributed by atoms with van der Waals surface area (Å²) in [5.74, 6) is 1.78. The van der Waals surface area contributed by atoms with E-state index in [1.807, 2.05) is 12.1 Å². The molecule has 1 aromatic carbocycles. The van der Waals surface area contributed by atoms with Crippen molar-refractivity contribution in [2.45, 2.75) is 51.7 Å². The summed E-state index contributed by atoms with van der Waals surface area (Å²) in [5.41, 5.74) is 1.27. The lowest BCUT2D eigenvalue weighted by molar-refractivity contribution is 0.0179. The molecule has 8 heteroatoms. The Hall–Kier alpha value is -1.10. The van der Waals surface area contributed by atoms with Crippen LogP contribution in [0.5, 0.6) is 5.75 Å². The first-order chi connectivity index (χ1) is 15.1. The van der Waals surface area contributed by atoms with Crippen LogP contribution in [0.2, 0.25) is 0 Å². The van der Waals surface area contributed by atoms with E-state index in [-0.39, 0.29) is 30.0 Å². The molecule has 182 valence electrons. The highest BCUT2D eigenvalue weighted by Gasteiger charge is 2.30. The van der Waals surface area contributed by atoms with Gasteiger partial charge < -0.3 is 20.1 Å². The molecule has 0 radical (unpaired) electrons. The first kappa shape index (κ1) is 27.1. The molecular weight excluding hydrogens is 517 g/mol. The predicted molar refractivity (Wildman–Crippen MR) is 142 cm³/mol. The van der Waals surface area contributed by atoms with Gasteiger partial charge in [0.15, 0.2) is 5.96 Å². The molecule has 0 spiro atoms. The van der Waals surface area contributed by atoms with Crippen LogP contribution in [0.3, 0.4) is 0 Å². The third-order valence-electron chi connectivity index (χ3n) is 6.10. The van der Waals surface area contributed by atoms with Crippen LogP contribution in [0.4, 0.5) is 0 Å². The SMILES string of the molecule is CCNC(=NCC(c1ccc(OC)cc1)N1CCOCC1)NCCN(C(C)C)C1CC1.I. The zero-order valence-corrected chi connectivity index (χ0v) is 22.5. The van der Waals surface area contributed by atoms with Crippen molar-refractivity contribution in [3.8, 4) is 5.75 Å². The second kappa shape index (κ2) is 14.2. The molecule has 32 heavy (non-hydrogen) atoms. The molecule has 2 fully saturated rings. The van der Waals surface area contributed by atoms with Gasteiger partial charge in [-0.05, 0) is 51.3 Å². The Morgan fingerprint density at radius 3 is 2.44 bits per heavy atom. The average molecular weight is 560 g/mol. The lowest BCUT2D eigenvalue weighted by atomic mass is 10.0. The van der Waals surface area contributed by atoms with Crippen LogP contribution in [-0.2, 0) is 4.74 Å². The Kier molecular flexibility index (Phi) is 12.1. The van der Waals surface area contributed by atoms with Gasteiger partial charge in [0.05, 0.1) is 32.9 Å². The number of hydrogen-bond donors (Lipinski definition) is 2. The number of rotatable bonds is 11. The van der Waals surface area contributed by atoms with Gasteiger partial charge in [-0.2, -0.15) is 0 Å². The van der Waals surface area contributed by atoms with Gasteiger partial charge in [0.2, 0.25) is 0 Å². The number of hydrogen-bond acceptors (Lipinski definition) is 5. The van der Waals surface area contributed by atoms with Crippen molar-refractivity contribution >= 4 is 29.9 Å². The fourth-order valence-electron chi connectivity index (χ4n) is 4.24. The third kappa shape index (κ3) is 8.35. The zero-order chi connectivity index (χ0) is 22.1. The van der Waals surface area contributed by atoms with Crippen LogP contribution < -0.4 is 15.4 Å². The van der Waals surface area contributed by atoms with Crippen LogP contribution in [0.1, 0.15) is 45.2 Å². The van der Waals surface area contributed by atoms with Gasteiger partial charge in [-0.3, -0.25) is 14.8 Å². The molecule has 1 aromatic rings. The average Bonchev–Trinajstić information content (AvgIpc) is 3.62. The highest BCUT2D eigenvalue weighted by molar-refractivity contribution is 14.0. The largest absolute Gasteiger partial charge is 0.497 e. The second-order valence-electron chi connectivity index (χ2n) is 8.65. The van der Waals surface area contributed by atoms with Crippen LogP contribution in [0.25, 0.3) is 0 Å². The maximum atomic E-state index is 5.58. The lowest BCUT2D eigenvalue weighted by Crippen LogP contribution is -2.44. The van der Waals surface area contributed by atoms with Gasteiger partial charge in [0.1, 0.15) is 5.75 Å². The van der Waals surface area contributed by atoms with E-state index in [9.17, 15) is 0 Å². The van der Waals surface area contributed by atoms with Crippen molar-refractivity contribution in [3.05, 3.63) is 29.8 Å². The van der Waals surface area contributed by atoms with Crippen molar-refractivity contribution in [1.29, 1.82) is 0 Å². The first-order valence-corrected chi connectivity index (χ1v) is 11.9. The summed E-state index contributed by atoms with van der Waals surface area (Å²) in [6, 6.07) is 9.99. The highest BCUT2D eigenvalue weighted by atomic mass is 127. The number of morpholine rings is 1. The molecule has 0 amide bonds. The quantitative estimate of drug-likeness (QED) is 0.247. The van der Waals surface area contributed by atoms with Crippen LogP contribution in [-0.4, -0.2) is 87.4 Å². The van der Waals surface area contributed by atoms with Crippen LogP contribution in [0.15, 0.2) is 29.3 Å². The van der Waals surface area contributed by atoms with Gasteiger partial charge in [-0.1, -0.05) is 12.1 Å². The fraction of sp³-hybridized carbons (Fsp3) is 0.708. The number of nitrogens with one attached hydrogen (secondary N) is 2. The van der Waals surface area contributed by atoms with E-state index in [4.69, 9.17) is 14.5 Å². The predicted octanol–water partition coefficient (Wildman–Crippen LogP) is 3.11. The molecule has 1 aliphatic heterocycles. The van der Waals surface area contributed by atoms with E-state index in [0.717, 1.165) is 63.7 Å². The van der Waals surface area contributed by atoms with E-state index in [1.54, 1.807) is 7.11 Å². The summed E-state index contributed by atoms with van der Waals surface area (Å²) in [6.07, 6.45) is 2.69. The van der Waals surface area contributed by atoms with E-state index in [0.29, 0.717) is 12.6 Å². The minimum absolute atomic E-state index is 0. The summed E-state index contributed by atoms with van der Waals surface area (Å²) in [5, 5.41) is 6.97. The molecule has 3 rings (SSSR count). The topological polar surface area (TPSA) is 61.4 Å². The summed E-state index contributed by atoms with van der Waals surface area (Å²) >= 11 is 0. The molecule has 2 aliphatic rings. The third-order valence-corrected chi connectivity index (χ3v) is 6.10. The van der Waals surface area contributed by atoms with E-state index in [1.165, 1.54) is 18.4 Å². The van der Waals surface area contributed by atoms with E-state index < -0.39 is 0 Å². The Labute approximate surface area is 211 Å². The Bertz CT molecular complexity index is 673. The molecule has 0 aromatic heterocycles. The first-order valence-electron chi connectivity index (χ1n) is 11.9. The molecule has 1 saturated heterocycles. The minimum atomic E-state index is 0. The summed E-state index contributed by atoms with van der Waals surface area (Å²) in [7, 11) is 1.71. The molecule has 1 heterocycles. The molecule has 1 unspecified atom stereocenters. The number of nitrogens with zero attached hydrogens (tertiary/aromatic N) is 3. The molecule has 1 atom stereocenters. The molecule has 2 N–H and O–H groups in total. The van der Waals surface area contributed by atoms with Gasteiger partial charge in [0.25, 0.3) is 0 Å². The number of halogens is 1. The van der Waals surface area contributed by atoms with Crippen molar-refractivity contribution in [2.24, 2.45) is 4.99 Å². The molecular formula is C24H42IN5O2. The molecule has 1 aliphatic carbocycles. The maximum Gasteiger partial charge on any atom is 0.191 e. The normalized spacial score (nSPS) is 18.4. The Morgan fingerprint density at radius 2 is 1.88 bits per heavy atom. The number of aliphatic imine (C=N–C) groups is 1. The lowest BCUT2D eigenvalue weighted by Gasteiger charge is -2.34. The number of benzene rings is 1. The van der Waals surface area contributed by atoms with Crippen molar-refractivity contribution in [1.82, 2.24) is 20.4 Å². The Morgan fingerprint density at radius 1 is 1.19 bits per heavy atom. The van der Waals surface area contributed by atoms with Crippen molar-refractivity contribution in [2.75, 3.05) is 59.6 Å². The highest BCUT2D eigenvalue weighted by Crippen LogP contribution is 2.28. The van der Waals surface area contributed by atoms with Crippen LogP contribution >= 0.6 is 24.0 Å². The maximum absolute atomic E-state index is 5.58. The van der Waals surface area contributed by atoms with Gasteiger partial charge in [0, 0.05) is 44.8 Å². The second-order valence-corrected chi connectivity index (χ2v) is 8.65. The monoisotopic (exact) mass is 559 g/mol. The number of guanidine groups is 1. The van der Waals surface area contributed by atoms with Crippen LogP contribution in [0, 0.1) is 0 Å². The molecule has 1 saturated carbocycles. The van der Waals surface area contributed by atoms with Crippen molar-refractivity contribution < 1.29 is 9.47 Å². The molecule has 0 bridgehead atoms. The van der Waals surface area contributed by atoms with E-state index in [2.05, 4.69) is 53.3 Å². The van der Waals surface area contributed by atoms with Crippen molar-refractivity contribution in [3.63, 3.8) is 0 Å². The van der Waals surface area contributed by atoms with Gasteiger partial charge in [-0.15, -0.1) is 24.0 Å². The minimum Gasteiger partial charge on any atom is -0.497 e. The van der Waals surface area contributed by atoms with Gasteiger partial charge in [-0.25, -0.2) is 0 Å². The summed E-state index contributed by atoms with van der Waals surface area (Å²) in [6.45, 7) is 13.6. The Balaban J connectivity index is 0.00000363. The number of methoxy groups -OCH3 is 1. The van der Waals surface area contributed by atoms with E-state index >= 15 is 0 Å². The summed E-state index contributed by atoms with van der Waals surface area (Å²) in [4.78, 5) is 10.1.